The SMILES string of the molecule is N#CC(N)C12CCC(C1)C2. The molecule has 2 bridgehead atoms. The van der Waals surface area contributed by atoms with Gasteiger partial charge in [0.2, 0.25) is 0 Å². The lowest BCUT2D eigenvalue weighted by atomic mass is 9.66. The fraction of sp³-hybridized carbons (Fsp3) is 0.875. The molecule has 0 aromatic heterocycles. The molecular weight excluding hydrogens is 124 g/mol. The number of rotatable bonds is 1. The van der Waals surface area contributed by atoms with Crippen molar-refractivity contribution in [1.29, 1.82) is 5.26 Å². The zero-order chi connectivity index (χ0) is 7.19. The van der Waals surface area contributed by atoms with Crippen LogP contribution in [0.15, 0.2) is 0 Å². The van der Waals surface area contributed by atoms with Gasteiger partial charge in [0.15, 0.2) is 0 Å². The topological polar surface area (TPSA) is 49.8 Å². The maximum absolute atomic E-state index is 8.61. The maximum Gasteiger partial charge on any atom is 0.0985 e. The van der Waals surface area contributed by atoms with Crippen molar-refractivity contribution in [3.8, 4) is 6.07 Å². The lowest BCUT2D eigenvalue weighted by Crippen LogP contribution is -2.44. The van der Waals surface area contributed by atoms with E-state index in [9.17, 15) is 0 Å². The average Bonchev–Trinajstić information content (AvgIpc) is 2.41. The molecule has 0 spiro atoms. The number of fused-ring (bicyclic) bond motifs is 1. The molecule has 2 nitrogen and oxygen atoms in total. The van der Waals surface area contributed by atoms with Crippen LogP contribution < -0.4 is 5.73 Å². The van der Waals surface area contributed by atoms with Crippen molar-refractivity contribution in [2.24, 2.45) is 17.1 Å². The summed E-state index contributed by atoms with van der Waals surface area (Å²) in [6, 6.07) is 1.97. The van der Waals surface area contributed by atoms with E-state index in [4.69, 9.17) is 11.0 Å². The normalized spacial score (nSPS) is 45.8. The van der Waals surface area contributed by atoms with Crippen LogP contribution in [0.1, 0.15) is 25.7 Å². The number of hydrogen-bond acceptors (Lipinski definition) is 2. The maximum atomic E-state index is 8.61. The highest BCUT2D eigenvalue weighted by Crippen LogP contribution is 2.59. The van der Waals surface area contributed by atoms with E-state index in [-0.39, 0.29) is 11.5 Å². The van der Waals surface area contributed by atoms with Crippen molar-refractivity contribution in [3.63, 3.8) is 0 Å². The van der Waals surface area contributed by atoms with Crippen molar-refractivity contribution >= 4 is 0 Å². The van der Waals surface area contributed by atoms with Crippen LogP contribution in [0.2, 0.25) is 0 Å². The molecule has 3 saturated carbocycles. The van der Waals surface area contributed by atoms with E-state index in [0.29, 0.717) is 0 Å². The second-order valence-electron chi connectivity index (χ2n) is 3.78. The minimum Gasteiger partial charge on any atom is -0.315 e. The highest BCUT2D eigenvalue weighted by Gasteiger charge is 2.53. The first-order valence-corrected chi connectivity index (χ1v) is 3.92. The minimum absolute atomic E-state index is 0.189. The van der Waals surface area contributed by atoms with Gasteiger partial charge < -0.3 is 5.73 Å². The van der Waals surface area contributed by atoms with Gasteiger partial charge in [-0.2, -0.15) is 5.26 Å². The van der Waals surface area contributed by atoms with Gasteiger partial charge in [0, 0.05) is 0 Å². The predicted molar refractivity (Wildman–Crippen MR) is 38.0 cm³/mol. The lowest BCUT2D eigenvalue weighted by Gasteiger charge is -2.40. The molecule has 0 aliphatic heterocycles. The Balaban J connectivity index is 2.12. The van der Waals surface area contributed by atoms with Crippen LogP contribution in [-0.4, -0.2) is 6.04 Å². The van der Waals surface area contributed by atoms with E-state index in [1.807, 2.05) is 0 Å². The smallest absolute Gasteiger partial charge is 0.0985 e. The molecule has 0 aromatic carbocycles. The third kappa shape index (κ3) is 0.564. The molecule has 3 rings (SSSR count). The van der Waals surface area contributed by atoms with Crippen LogP contribution in [0, 0.1) is 22.7 Å². The van der Waals surface area contributed by atoms with E-state index >= 15 is 0 Å². The summed E-state index contributed by atoms with van der Waals surface area (Å²) in [5.74, 6) is 0.916. The zero-order valence-corrected chi connectivity index (χ0v) is 6.01. The summed E-state index contributed by atoms with van der Waals surface area (Å²) in [6.07, 6.45) is 4.96. The molecule has 10 heavy (non-hydrogen) atoms. The molecule has 54 valence electrons. The van der Waals surface area contributed by atoms with Gasteiger partial charge in [0.25, 0.3) is 0 Å². The molecule has 0 radical (unpaired) electrons. The fourth-order valence-corrected chi connectivity index (χ4v) is 2.54. The predicted octanol–water partition coefficient (Wildman–Crippen LogP) is 1.03. The van der Waals surface area contributed by atoms with Gasteiger partial charge in [-0.1, -0.05) is 0 Å². The van der Waals surface area contributed by atoms with Gasteiger partial charge in [-0.3, -0.25) is 0 Å². The van der Waals surface area contributed by atoms with Crippen LogP contribution in [0.25, 0.3) is 0 Å². The van der Waals surface area contributed by atoms with E-state index in [1.54, 1.807) is 0 Å². The van der Waals surface area contributed by atoms with Crippen LogP contribution in [0.5, 0.6) is 0 Å². The molecule has 1 unspecified atom stereocenters. The Morgan fingerprint density at radius 2 is 2.30 bits per heavy atom. The monoisotopic (exact) mass is 136 g/mol. The summed E-state index contributed by atoms with van der Waals surface area (Å²) in [5.41, 5.74) is 5.95. The Labute approximate surface area is 61.0 Å². The van der Waals surface area contributed by atoms with Gasteiger partial charge in [0.1, 0.15) is 0 Å². The second-order valence-corrected chi connectivity index (χ2v) is 3.78. The first-order chi connectivity index (χ1) is 4.77. The summed E-state index contributed by atoms with van der Waals surface area (Å²) < 4.78 is 0. The minimum atomic E-state index is -0.189. The molecular formula is C8H12N2. The highest BCUT2D eigenvalue weighted by molar-refractivity contribution is 5.12. The molecule has 0 aromatic rings. The standard InChI is InChI=1S/C8H12N2/c9-5-7(10)8-2-1-6(3-8)4-8/h6-7H,1-4,10H2. The largest absolute Gasteiger partial charge is 0.315 e. The second kappa shape index (κ2) is 1.73. The molecule has 1 atom stereocenters. The van der Waals surface area contributed by atoms with E-state index < -0.39 is 0 Å². The van der Waals surface area contributed by atoms with Gasteiger partial charge >= 0.3 is 0 Å². The first-order valence-electron chi connectivity index (χ1n) is 3.92. The summed E-state index contributed by atoms with van der Waals surface area (Å²) in [7, 11) is 0. The van der Waals surface area contributed by atoms with Gasteiger partial charge in [-0.05, 0) is 37.0 Å². The summed E-state index contributed by atoms with van der Waals surface area (Å²) >= 11 is 0. The molecule has 2 heteroatoms. The molecule has 0 heterocycles. The number of nitrogens with two attached hydrogens (primary N) is 1. The molecule has 0 saturated heterocycles. The molecule has 2 N–H and O–H groups in total. The van der Waals surface area contributed by atoms with E-state index in [2.05, 4.69) is 6.07 Å². The third-order valence-corrected chi connectivity index (χ3v) is 3.24. The number of nitrogens with zero attached hydrogens (tertiary/aromatic N) is 1. The van der Waals surface area contributed by atoms with Gasteiger partial charge in [-0.25, -0.2) is 0 Å². The number of hydrogen-bond donors (Lipinski definition) is 1. The summed E-state index contributed by atoms with van der Waals surface area (Å²) in [4.78, 5) is 0. The van der Waals surface area contributed by atoms with Crippen LogP contribution in [-0.2, 0) is 0 Å². The van der Waals surface area contributed by atoms with Gasteiger partial charge in [0.05, 0.1) is 12.1 Å². The average molecular weight is 136 g/mol. The van der Waals surface area contributed by atoms with Crippen molar-refractivity contribution < 1.29 is 0 Å². The molecule has 3 fully saturated rings. The summed E-state index contributed by atoms with van der Waals surface area (Å²) in [6.45, 7) is 0. The molecule has 3 aliphatic rings. The summed E-state index contributed by atoms with van der Waals surface area (Å²) in [5, 5.41) is 8.61. The van der Waals surface area contributed by atoms with Crippen molar-refractivity contribution in [3.05, 3.63) is 0 Å². The van der Waals surface area contributed by atoms with Crippen LogP contribution >= 0.6 is 0 Å². The van der Waals surface area contributed by atoms with Crippen LogP contribution in [0.4, 0.5) is 0 Å². The Bertz CT molecular complexity index is 180. The van der Waals surface area contributed by atoms with Crippen molar-refractivity contribution in [2.45, 2.75) is 31.7 Å². The third-order valence-electron chi connectivity index (χ3n) is 3.24. The van der Waals surface area contributed by atoms with E-state index in [1.165, 1.54) is 25.7 Å². The van der Waals surface area contributed by atoms with E-state index in [0.717, 1.165) is 5.92 Å². The van der Waals surface area contributed by atoms with Crippen LogP contribution in [0.3, 0.4) is 0 Å². The van der Waals surface area contributed by atoms with Crippen molar-refractivity contribution in [1.82, 2.24) is 0 Å². The number of nitriles is 1. The highest BCUT2D eigenvalue weighted by atomic mass is 14.7. The quantitative estimate of drug-likeness (QED) is 0.585. The Hall–Kier alpha value is -0.550. The first kappa shape index (κ1) is 6.18. The lowest BCUT2D eigenvalue weighted by molar-refractivity contribution is 0.129. The van der Waals surface area contributed by atoms with Crippen molar-refractivity contribution in [2.75, 3.05) is 0 Å². The fourth-order valence-electron chi connectivity index (χ4n) is 2.54. The zero-order valence-electron chi connectivity index (χ0n) is 6.01. The Kier molecular flexibility index (Phi) is 1.07. The van der Waals surface area contributed by atoms with Gasteiger partial charge in [-0.15, -0.1) is 0 Å². The molecule has 0 amide bonds. The Morgan fingerprint density at radius 1 is 1.60 bits per heavy atom. The molecule has 3 aliphatic carbocycles. The Morgan fingerprint density at radius 3 is 2.70 bits per heavy atom.